The number of ketones is 2. The Balaban J connectivity index is 0.00000106. The van der Waals surface area contributed by atoms with Gasteiger partial charge in [0.05, 0.1) is 0 Å². The molecule has 3 rings (SSSR count). The molecule has 1 heterocycles. The van der Waals surface area contributed by atoms with E-state index in [1.807, 2.05) is 90.1 Å². The average Bonchev–Trinajstić information content (AvgIpc) is 2.86. The first-order valence-corrected chi connectivity index (χ1v) is 11.4. The molecule has 0 aliphatic carbocycles. The minimum absolute atomic E-state index is 0.186. The molecular formula is C26H38N2O2. The summed E-state index contributed by atoms with van der Waals surface area (Å²) in [5, 5.41) is 0. The summed E-state index contributed by atoms with van der Waals surface area (Å²) >= 11 is 0. The highest BCUT2D eigenvalue weighted by Gasteiger charge is 2.18. The fourth-order valence-electron chi connectivity index (χ4n) is 3.35. The van der Waals surface area contributed by atoms with Gasteiger partial charge in [-0.1, -0.05) is 41.5 Å². The van der Waals surface area contributed by atoms with E-state index in [9.17, 15) is 9.59 Å². The molecule has 2 aromatic rings. The van der Waals surface area contributed by atoms with Crippen molar-refractivity contribution in [3.8, 4) is 0 Å². The van der Waals surface area contributed by atoms with E-state index in [0.29, 0.717) is 12.8 Å². The summed E-state index contributed by atoms with van der Waals surface area (Å²) in [6, 6.07) is 15.9. The topological polar surface area (TPSA) is 40.6 Å². The number of carbonyl (C=O) groups excluding carboxylic acids is 2. The Labute approximate surface area is 182 Å². The normalized spacial score (nSPS) is 12.9. The molecule has 2 aromatic carbocycles. The molecule has 0 spiro atoms. The minimum atomic E-state index is 0.186. The quantitative estimate of drug-likeness (QED) is 0.528. The smallest absolute Gasteiger partial charge is 0.162 e. The van der Waals surface area contributed by atoms with Gasteiger partial charge in [-0.3, -0.25) is 9.59 Å². The van der Waals surface area contributed by atoms with E-state index in [-0.39, 0.29) is 11.6 Å². The lowest BCUT2D eigenvalue weighted by Gasteiger charge is -2.37. The number of benzene rings is 2. The van der Waals surface area contributed by atoms with Gasteiger partial charge in [-0.25, -0.2) is 0 Å². The van der Waals surface area contributed by atoms with Crippen LogP contribution in [0.1, 0.15) is 75.1 Å². The lowest BCUT2D eigenvalue weighted by Crippen LogP contribution is -2.46. The Morgan fingerprint density at radius 2 is 0.867 bits per heavy atom. The molecule has 30 heavy (non-hydrogen) atoms. The van der Waals surface area contributed by atoms with E-state index in [0.717, 1.165) is 37.3 Å². The van der Waals surface area contributed by atoms with Crippen LogP contribution in [0.25, 0.3) is 0 Å². The van der Waals surface area contributed by atoms with Crippen LogP contribution in [0.15, 0.2) is 48.5 Å². The van der Waals surface area contributed by atoms with Crippen LogP contribution in [-0.4, -0.2) is 37.7 Å². The van der Waals surface area contributed by atoms with Gasteiger partial charge in [-0.15, -0.1) is 0 Å². The van der Waals surface area contributed by atoms with Crippen LogP contribution in [0.5, 0.6) is 0 Å². The summed E-state index contributed by atoms with van der Waals surface area (Å²) in [6.07, 6.45) is 1.08. The summed E-state index contributed by atoms with van der Waals surface area (Å²) in [4.78, 5) is 28.2. The van der Waals surface area contributed by atoms with E-state index < -0.39 is 0 Å². The second-order valence-corrected chi connectivity index (χ2v) is 6.62. The third-order valence-corrected chi connectivity index (χ3v) is 5.03. The summed E-state index contributed by atoms with van der Waals surface area (Å²) in [7, 11) is 0. The van der Waals surface area contributed by atoms with Gasteiger partial charge in [0.1, 0.15) is 0 Å². The molecule has 164 valence electrons. The Morgan fingerprint density at radius 1 is 0.600 bits per heavy atom. The number of carbonyl (C=O) groups is 2. The molecule has 0 atom stereocenters. The van der Waals surface area contributed by atoms with Crippen LogP contribution in [0, 0.1) is 0 Å². The maximum Gasteiger partial charge on any atom is 0.162 e. The van der Waals surface area contributed by atoms with E-state index in [1.165, 1.54) is 11.4 Å². The van der Waals surface area contributed by atoms with Crippen molar-refractivity contribution in [3.05, 3.63) is 59.7 Å². The van der Waals surface area contributed by atoms with Gasteiger partial charge in [0, 0.05) is 61.5 Å². The Morgan fingerprint density at radius 3 is 1.10 bits per heavy atom. The molecular weight excluding hydrogens is 372 g/mol. The Hall–Kier alpha value is -2.62. The van der Waals surface area contributed by atoms with Crippen LogP contribution >= 0.6 is 0 Å². The van der Waals surface area contributed by atoms with Crippen molar-refractivity contribution in [2.24, 2.45) is 0 Å². The number of Topliss-reactive ketones (excluding diaryl/α,β-unsaturated/α-hetero) is 2. The van der Waals surface area contributed by atoms with Crippen molar-refractivity contribution in [1.29, 1.82) is 0 Å². The molecule has 0 bridgehead atoms. The monoisotopic (exact) mass is 410 g/mol. The van der Waals surface area contributed by atoms with Gasteiger partial charge in [-0.2, -0.15) is 0 Å². The summed E-state index contributed by atoms with van der Waals surface area (Å²) in [5.74, 6) is 0.373. The van der Waals surface area contributed by atoms with Crippen molar-refractivity contribution in [2.75, 3.05) is 36.0 Å². The first-order chi connectivity index (χ1) is 14.6. The maximum absolute atomic E-state index is 11.7. The van der Waals surface area contributed by atoms with Gasteiger partial charge in [0.2, 0.25) is 0 Å². The highest BCUT2D eigenvalue weighted by molar-refractivity contribution is 5.96. The molecule has 1 saturated heterocycles. The third-order valence-electron chi connectivity index (χ3n) is 5.03. The number of anilines is 2. The standard InChI is InChI=1S/C22H26N2O2.2C2H6/c1-3-21(25)17-5-9-19(10-6-17)23-13-15-24(16-14-23)20-11-7-18(8-12-20)22(26)4-2;2*1-2/h5-12H,3-4,13-16H2,1-2H3;2*1-2H3. The molecule has 0 saturated carbocycles. The Bertz CT molecular complexity index is 691. The molecule has 1 aliphatic rings. The van der Waals surface area contributed by atoms with Gasteiger partial charge in [0.15, 0.2) is 11.6 Å². The molecule has 1 aliphatic heterocycles. The van der Waals surface area contributed by atoms with E-state index >= 15 is 0 Å². The van der Waals surface area contributed by atoms with Crippen LogP contribution in [0.2, 0.25) is 0 Å². The molecule has 1 fully saturated rings. The summed E-state index contributed by atoms with van der Waals surface area (Å²) in [5.41, 5.74) is 3.91. The fraction of sp³-hybridized carbons (Fsp3) is 0.462. The lowest BCUT2D eigenvalue weighted by molar-refractivity contribution is 0.0980. The SMILES string of the molecule is CC.CC.CCC(=O)c1ccc(N2CCN(c3ccc(C(=O)CC)cc3)CC2)cc1. The highest BCUT2D eigenvalue weighted by Crippen LogP contribution is 2.22. The zero-order valence-corrected chi connectivity index (χ0v) is 19.6. The van der Waals surface area contributed by atoms with Crippen LogP contribution in [-0.2, 0) is 0 Å². The number of nitrogens with zero attached hydrogens (tertiary/aromatic N) is 2. The maximum atomic E-state index is 11.7. The summed E-state index contributed by atoms with van der Waals surface area (Å²) < 4.78 is 0. The fourth-order valence-corrected chi connectivity index (χ4v) is 3.35. The predicted octanol–water partition coefficient (Wildman–Crippen LogP) is 6.25. The zero-order chi connectivity index (χ0) is 22.5. The van der Waals surface area contributed by atoms with Crippen LogP contribution < -0.4 is 9.80 Å². The molecule has 0 radical (unpaired) electrons. The molecule has 0 amide bonds. The minimum Gasteiger partial charge on any atom is -0.368 e. The largest absolute Gasteiger partial charge is 0.368 e. The second-order valence-electron chi connectivity index (χ2n) is 6.62. The molecule has 0 unspecified atom stereocenters. The van der Waals surface area contributed by atoms with Crippen LogP contribution in [0.3, 0.4) is 0 Å². The first-order valence-electron chi connectivity index (χ1n) is 11.4. The molecule has 4 nitrogen and oxygen atoms in total. The van der Waals surface area contributed by atoms with Crippen LogP contribution in [0.4, 0.5) is 11.4 Å². The van der Waals surface area contributed by atoms with Crippen molar-refractivity contribution in [1.82, 2.24) is 0 Å². The number of hydrogen-bond donors (Lipinski definition) is 0. The van der Waals surface area contributed by atoms with Gasteiger partial charge in [-0.05, 0) is 48.5 Å². The predicted molar refractivity (Wildman–Crippen MR) is 129 cm³/mol. The van der Waals surface area contributed by atoms with E-state index in [4.69, 9.17) is 0 Å². The first kappa shape index (κ1) is 25.4. The third kappa shape index (κ3) is 6.72. The van der Waals surface area contributed by atoms with Crippen molar-refractivity contribution >= 4 is 22.9 Å². The van der Waals surface area contributed by atoms with Gasteiger partial charge < -0.3 is 9.80 Å². The molecule has 0 N–H and O–H groups in total. The lowest BCUT2D eigenvalue weighted by atomic mass is 10.1. The van der Waals surface area contributed by atoms with E-state index in [1.54, 1.807) is 0 Å². The zero-order valence-electron chi connectivity index (χ0n) is 19.6. The average molecular weight is 411 g/mol. The molecule has 4 heteroatoms. The second kappa shape index (κ2) is 13.6. The van der Waals surface area contributed by atoms with Gasteiger partial charge >= 0.3 is 0 Å². The summed E-state index contributed by atoms with van der Waals surface area (Å²) in [6.45, 7) is 15.5. The number of piperazine rings is 1. The van der Waals surface area contributed by atoms with Crippen molar-refractivity contribution < 1.29 is 9.59 Å². The highest BCUT2D eigenvalue weighted by atomic mass is 16.1. The van der Waals surface area contributed by atoms with E-state index in [2.05, 4.69) is 9.80 Å². The van der Waals surface area contributed by atoms with Crippen molar-refractivity contribution in [3.63, 3.8) is 0 Å². The molecule has 0 aromatic heterocycles. The number of hydrogen-bond acceptors (Lipinski definition) is 4. The van der Waals surface area contributed by atoms with Crippen molar-refractivity contribution in [2.45, 2.75) is 54.4 Å². The van der Waals surface area contributed by atoms with Gasteiger partial charge in [0.25, 0.3) is 0 Å². The Kier molecular flexibility index (Phi) is 11.5. The number of rotatable bonds is 6.